The number of methoxy groups -OCH3 is 1. The van der Waals surface area contributed by atoms with E-state index in [0.717, 1.165) is 11.4 Å². The molecule has 0 radical (unpaired) electrons. The number of anilines is 1. The number of nitrogens with one attached hydrogen (secondary N) is 1. The number of carbonyl (C=O) groups excluding carboxylic acids is 2. The van der Waals surface area contributed by atoms with Gasteiger partial charge >= 0.3 is 0 Å². The van der Waals surface area contributed by atoms with E-state index in [9.17, 15) is 9.59 Å². The SMILES string of the molecule is CCOc1ccc(N2C[C@H](CNC(=O)COC)CC2=O)cc1. The highest BCUT2D eigenvalue weighted by molar-refractivity contribution is 5.95. The highest BCUT2D eigenvalue weighted by Crippen LogP contribution is 2.26. The van der Waals surface area contributed by atoms with Crippen molar-refractivity contribution in [1.82, 2.24) is 5.32 Å². The molecule has 6 nitrogen and oxygen atoms in total. The van der Waals surface area contributed by atoms with Gasteiger partial charge in [-0.15, -0.1) is 0 Å². The molecule has 0 bridgehead atoms. The van der Waals surface area contributed by atoms with Gasteiger partial charge in [-0.1, -0.05) is 0 Å². The summed E-state index contributed by atoms with van der Waals surface area (Å²) in [5.41, 5.74) is 0.860. The molecule has 6 heteroatoms. The summed E-state index contributed by atoms with van der Waals surface area (Å²) >= 11 is 0. The molecule has 1 heterocycles. The summed E-state index contributed by atoms with van der Waals surface area (Å²) in [7, 11) is 1.48. The van der Waals surface area contributed by atoms with Gasteiger partial charge in [0.1, 0.15) is 12.4 Å². The number of amides is 2. The minimum absolute atomic E-state index is 0.0449. The Labute approximate surface area is 130 Å². The lowest BCUT2D eigenvalue weighted by molar-refractivity contribution is -0.125. The van der Waals surface area contributed by atoms with E-state index in [4.69, 9.17) is 9.47 Å². The average Bonchev–Trinajstić information content (AvgIpc) is 2.88. The lowest BCUT2D eigenvalue weighted by Gasteiger charge is -2.17. The standard InChI is InChI=1S/C16H22N2O4/c1-3-22-14-6-4-13(5-7-14)18-10-12(8-16(18)20)9-17-15(19)11-21-2/h4-7,12H,3,8-11H2,1-2H3,(H,17,19)/t12-/m0/s1. The van der Waals surface area contributed by atoms with Gasteiger partial charge in [0.05, 0.1) is 6.61 Å². The van der Waals surface area contributed by atoms with Crippen molar-refractivity contribution in [3.05, 3.63) is 24.3 Å². The molecule has 1 N–H and O–H groups in total. The van der Waals surface area contributed by atoms with Gasteiger partial charge in [0.15, 0.2) is 0 Å². The van der Waals surface area contributed by atoms with Crippen molar-refractivity contribution in [2.24, 2.45) is 5.92 Å². The number of hydrogen-bond acceptors (Lipinski definition) is 4. The van der Waals surface area contributed by atoms with Gasteiger partial charge in [0, 0.05) is 38.2 Å². The van der Waals surface area contributed by atoms with E-state index in [1.54, 1.807) is 4.90 Å². The van der Waals surface area contributed by atoms with Crippen molar-refractivity contribution in [3.63, 3.8) is 0 Å². The van der Waals surface area contributed by atoms with Gasteiger partial charge in [-0.25, -0.2) is 0 Å². The van der Waals surface area contributed by atoms with Crippen molar-refractivity contribution in [1.29, 1.82) is 0 Å². The van der Waals surface area contributed by atoms with E-state index < -0.39 is 0 Å². The second-order valence-electron chi connectivity index (χ2n) is 5.24. The van der Waals surface area contributed by atoms with Crippen LogP contribution in [0.5, 0.6) is 5.75 Å². The minimum Gasteiger partial charge on any atom is -0.494 e. The number of carbonyl (C=O) groups is 2. The van der Waals surface area contributed by atoms with Gasteiger partial charge < -0.3 is 19.7 Å². The molecule has 1 aliphatic heterocycles. The normalized spacial score (nSPS) is 17.6. The molecule has 0 saturated carbocycles. The molecule has 2 rings (SSSR count). The van der Waals surface area contributed by atoms with Crippen LogP contribution in [0.15, 0.2) is 24.3 Å². The number of ether oxygens (including phenoxy) is 2. The van der Waals surface area contributed by atoms with Gasteiger partial charge in [0.25, 0.3) is 0 Å². The Bertz CT molecular complexity index is 515. The van der Waals surface area contributed by atoms with Crippen molar-refractivity contribution < 1.29 is 19.1 Å². The summed E-state index contributed by atoms with van der Waals surface area (Å²) in [6.07, 6.45) is 0.445. The Balaban J connectivity index is 1.90. The summed E-state index contributed by atoms with van der Waals surface area (Å²) in [5, 5.41) is 2.78. The third-order valence-corrected chi connectivity index (χ3v) is 3.53. The third-order valence-electron chi connectivity index (χ3n) is 3.53. The highest BCUT2D eigenvalue weighted by Gasteiger charge is 2.30. The summed E-state index contributed by atoms with van der Waals surface area (Å²) in [6.45, 7) is 3.69. The van der Waals surface area contributed by atoms with Crippen LogP contribution in [-0.4, -0.2) is 45.2 Å². The molecule has 1 atom stereocenters. The molecule has 1 saturated heterocycles. The van der Waals surface area contributed by atoms with E-state index in [1.165, 1.54) is 7.11 Å². The van der Waals surface area contributed by atoms with E-state index in [0.29, 0.717) is 26.1 Å². The zero-order chi connectivity index (χ0) is 15.9. The smallest absolute Gasteiger partial charge is 0.245 e. The quantitative estimate of drug-likeness (QED) is 0.822. The van der Waals surface area contributed by atoms with Gasteiger partial charge in [-0.05, 0) is 31.2 Å². The Morgan fingerprint density at radius 2 is 2.09 bits per heavy atom. The van der Waals surface area contributed by atoms with Crippen molar-refractivity contribution >= 4 is 17.5 Å². The number of nitrogens with zero attached hydrogens (tertiary/aromatic N) is 1. The first kappa shape index (κ1) is 16.3. The Hall–Kier alpha value is -2.08. The molecule has 0 aliphatic carbocycles. The lowest BCUT2D eigenvalue weighted by Crippen LogP contribution is -2.33. The van der Waals surface area contributed by atoms with Crippen LogP contribution in [0.2, 0.25) is 0 Å². The molecule has 22 heavy (non-hydrogen) atoms. The van der Waals surface area contributed by atoms with Crippen LogP contribution in [0.3, 0.4) is 0 Å². The third kappa shape index (κ3) is 4.21. The predicted molar refractivity (Wildman–Crippen MR) is 83.0 cm³/mol. The molecular formula is C16H22N2O4. The predicted octanol–water partition coefficient (Wildman–Crippen LogP) is 1.20. The first-order valence-corrected chi connectivity index (χ1v) is 7.43. The Kier molecular flexibility index (Phi) is 5.77. The maximum atomic E-state index is 12.1. The Morgan fingerprint density at radius 3 is 2.73 bits per heavy atom. The van der Waals surface area contributed by atoms with E-state index >= 15 is 0 Å². The van der Waals surface area contributed by atoms with Crippen molar-refractivity contribution in [3.8, 4) is 5.75 Å². The number of rotatable bonds is 7. The zero-order valence-corrected chi connectivity index (χ0v) is 13.0. The first-order valence-electron chi connectivity index (χ1n) is 7.43. The van der Waals surface area contributed by atoms with E-state index in [-0.39, 0.29) is 24.3 Å². The molecule has 2 amide bonds. The largest absolute Gasteiger partial charge is 0.494 e. The number of hydrogen-bond donors (Lipinski definition) is 1. The maximum Gasteiger partial charge on any atom is 0.245 e. The molecule has 0 aromatic heterocycles. The fourth-order valence-electron chi connectivity index (χ4n) is 2.50. The summed E-state index contributed by atoms with van der Waals surface area (Å²) in [5.74, 6) is 0.839. The minimum atomic E-state index is -0.158. The average molecular weight is 306 g/mol. The molecule has 1 aromatic carbocycles. The molecule has 0 unspecified atom stereocenters. The number of benzene rings is 1. The maximum absolute atomic E-state index is 12.1. The van der Waals surface area contributed by atoms with E-state index in [2.05, 4.69) is 5.32 Å². The van der Waals surface area contributed by atoms with Gasteiger partial charge in [-0.3, -0.25) is 9.59 Å². The molecule has 0 spiro atoms. The zero-order valence-electron chi connectivity index (χ0n) is 13.0. The molecule has 1 aliphatic rings. The summed E-state index contributed by atoms with van der Waals surface area (Å²) in [6, 6.07) is 7.49. The summed E-state index contributed by atoms with van der Waals surface area (Å²) < 4.78 is 10.2. The van der Waals surface area contributed by atoms with Crippen molar-refractivity contribution in [2.75, 3.05) is 38.3 Å². The van der Waals surface area contributed by atoms with Crippen LogP contribution < -0.4 is 15.0 Å². The lowest BCUT2D eigenvalue weighted by atomic mass is 10.1. The van der Waals surface area contributed by atoms with Crippen LogP contribution in [0.25, 0.3) is 0 Å². The van der Waals surface area contributed by atoms with Crippen LogP contribution >= 0.6 is 0 Å². The first-order chi connectivity index (χ1) is 10.6. The second kappa shape index (κ2) is 7.79. The molecular weight excluding hydrogens is 284 g/mol. The highest BCUT2D eigenvalue weighted by atomic mass is 16.5. The molecule has 1 fully saturated rings. The van der Waals surface area contributed by atoms with Crippen LogP contribution in [0, 0.1) is 5.92 Å². The fourth-order valence-corrected chi connectivity index (χ4v) is 2.50. The molecule has 1 aromatic rings. The topological polar surface area (TPSA) is 67.9 Å². The van der Waals surface area contributed by atoms with Crippen LogP contribution in [0.1, 0.15) is 13.3 Å². The van der Waals surface area contributed by atoms with Gasteiger partial charge in [0.2, 0.25) is 11.8 Å². The van der Waals surface area contributed by atoms with E-state index in [1.807, 2.05) is 31.2 Å². The fraction of sp³-hybridized carbons (Fsp3) is 0.500. The Morgan fingerprint density at radius 1 is 1.36 bits per heavy atom. The van der Waals surface area contributed by atoms with Crippen LogP contribution in [0.4, 0.5) is 5.69 Å². The van der Waals surface area contributed by atoms with Gasteiger partial charge in [-0.2, -0.15) is 0 Å². The monoisotopic (exact) mass is 306 g/mol. The summed E-state index contributed by atoms with van der Waals surface area (Å²) in [4.78, 5) is 25.3. The van der Waals surface area contributed by atoms with Crippen LogP contribution in [-0.2, 0) is 14.3 Å². The van der Waals surface area contributed by atoms with Crippen molar-refractivity contribution in [2.45, 2.75) is 13.3 Å². The second-order valence-corrected chi connectivity index (χ2v) is 5.24. The molecule has 120 valence electrons.